The van der Waals surface area contributed by atoms with Gasteiger partial charge in [0, 0.05) is 17.7 Å². The van der Waals surface area contributed by atoms with Gasteiger partial charge >= 0.3 is 0 Å². The summed E-state index contributed by atoms with van der Waals surface area (Å²) < 4.78 is 51.8. The van der Waals surface area contributed by atoms with E-state index in [0.29, 0.717) is 5.56 Å². The molecule has 0 aliphatic carbocycles. The fourth-order valence-corrected chi connectivity index (χ4v) is 2.42. The Morgan fingerprint density at radius 2 is 1.90 bits per heavy atom. The van der Waals surface area contributed by atoms with Crippen LogP contribution in [0.3, 0.4) is 0 Å². The van der Waals surface area contributed by atoms with Gasteiger partial charge in [0.2, 0.25) is 5.12 Å². The highest BCUT2D eigenvalue weighted by Crippen LogP contribution is 2.30. The summed E-state index contributed by atoms with van der Waals surface area (Å²) in [5, 5.41) is -0.319. The van der Waals surface area contributed by atoms with Gasteiger partial charge in [0.15, 0.2) is 6.17 Å². The molecule has 0 saturated carbocycles. The normalized spacial score (nSPS) is 13.2. The van der Waals surface area contributed by atoms with Crippen molar-refractivity contribution in [1.29, 1.82) is 0 Å². The first-order valence-corrected chi connectivity index (χ1v) is 7.26. The van der Waals surface area contributed by atoms with Crippen molar-refractivity contribution in [1.82, 2.24) is 0 Å². The number of carbonyl (C=O) groups excluding carboxylic acids is 1. The summed E-state index contributed by atoms with van der Waals surface area (Å²) in [6, 6.07) is 8.28. The van der Waals surface area contributed by atoms with Gasteiger partial charge in [0.25, 0.3) is 5.92 Å². The highest BCUT2D eigenvalue weighted by molar-refractivity contribution is 8.14. The van der Waals surface area contributed by atoms with Crippen molar-refractivity contribution in [3.05, 3.63) is 35.9 Å². The number of halogens is 4. The van der Waals surface area contributed by atoms with Crippen LogP contribution in [0.5, 0.6) is 0 Å². The second-order valence-corrected chi connectivity index (χ2v) is 5.38. The van der Waals surface area contributed by atoms with E-state index in [4.69, 9.17) is 0 Å². The first-order chi connectivity index (χ1) is 9.47. The van der Waals surface area contributed by atoms with Crippen molar-refractivity contribution in [2.45, 2.75) is 31.4 Å². The summed E-state index contributed by atoms with van der Waals surface area (Å²) in [4.78, 5) is 11.6. The molecule has 20 heavy (non-hydrogen) atoms. The molecule has 0 spiro atoms. The van der Waals surface area contributed by atoms with Crippen LogP contribution < -0.4 is 0 Å². The third kappa shape index (κ3) is 5.53. The van der Waals surface area contributed by atoms with Crippen LogP contribution in [0.2, 0.25) is 0 Å². The summed E-state index contributed by atoms with van der Waals surface area (Å²) in [7, 11) is 0. The van der Waals surface area contributed by atoms with Gasteiger partial charge in [-0.1, -0.05) is 42.1 Å². The van der Waals surface area contributed by atoms with Crippen molar-refractivity contribution in [3.63, 3.8) is 0 Å². The first kappa shape index (κ1) is 17.0. The van der Waals surface area contributed by atoms with E-state index < -0.39 is 31.6 Å². The minimum absolute atomic E-state index is 0.170. The molecular formula is C14H16F4OS. The van der Waals surface area contributed by atoms with Crippen LogP contribution in [0.25, 0.3) is 0 Å². The van der Waals surface area contributed by atoms with E-state index in [-0.39, 0.29) is 17.3 Å². The third-order valence-electron chi connectivity index (χ3n) is 2.73. The lowest BCUT2D eigenvalue weighted by molar-refractivity contribution is -0.0771. The molecule has 6 heteroatoms. The summed E-state index contributed by atoms with van der Waals surface area (Å²) in [5.74, 6) is -3.68. The van der Waals surface area contributed by atoms with Gasteiger partial charge in [0.05, 0.1) is 6.67 Å². The molecule has 0 radical (unpaired) electrons. The van der Waals surface area contributed by atoms with Crippen LogP contribution in [0.15, 0.2) is 30.3 Å². The lowest BCUT2D eigenvalue weighted by atomic mass is 10.1. The maximum Gasteiger partial charge on any atom is 0.279 e. The molecule has 112 valence electrons. The fraction of sp³-hybridized carbons (Fsp3) is 0.500. The third-order valence-corrected chi connectivity index (χ3v) is 3.63. The standard InChI is InChI=1S/C14H16F4OS/c15-9-4-7-12(16)14(17,18)8-10-20-13(19)11-5-2-1-3-6-11/h1-3,5-6,12H,4,7-10H2. The average Bonchev–Trinajstić information content (AvgIpc) is 2.45. The number of carbonyl (C=O) groups is 1. The molecule has 1 atom stereocenters. The monoisotopic (exact) mass is 308 g/mol. The fourth-order valence-electron chi connectivity index (χ4n) is 1.56. The second-order valence-electron chi connectivity index (χ2n) is 4.31. The highest BCUT2D eigenvalue weighted by atomic mass is 32.2. The molecule has 1 unspecified atom stereocenters. The lowest BCUT2D eigenvalue weighted by Gasteiger charge is -2.19. The van der Waals surface area contributed by atoms with E-state index in [0.717, 1.165) is 11.8 Å². The van der Waals surface area contributed by atoms with Gasteiger partial charge < -0.3 is 0 Å². The molecule has 0 heterocycles. The Hall–Kier alpha value is -1.04. The van der Waals surface area contributed by atoms with Gasteiger partial charge in [-0.05, 0) is 12.8 Å². The van der Waals surface area contributed by atoms with E-state index in [9.17, 15) is 22.4 Å². The number of hydrogen-bond acceptors (Lipinski definition) is 2. The van der Waals surface area contributed by atoms with E-state index in [2.05, 4.69) is 0 Å². The summed E-state index contributed by atoms with van der Waals surface area (Å²) in [6.45, 7) is -0.808. The quantitative estimate of drug-likeness (QED) is 0.649. The Morgan fingerprint density at radius 3 is 2.50 bits per heavy atom. The molecule has 0 aliphatic heterocycles. The maximum absolute atomic E-state index is 13.4. The topological polar surface area (TPSA) is 17.1 Å². The van der Waals surface area contributed by atoms with Gasteiger partial charge in [-0.2, -0.15) is 0 Å². The average molecular weight is 308 g/mol. The first-order valence-electron chi connectivity index (χ1n) is 6.27. The zero-order valence-corrected chi connectivity index (χ0v) is 11.6. The highest BCUT2D eigenvalue weighted by Gasteiger charge is 2.39. The van der Waals surface area contributed by atoms with E-state index in [1.54, 1.807) is 30.3 Å². The molecule has 1 nitrogen and oxygen atoms in total. The minimum atomic E-state index is -3.51. The Kier molecular flexibility index (Phi) is 7.05. The molecular weight excluding hydrogens is 292 g/mol. The van der Waals surface area contributed by atoms with E-state index in [1.165, 1.54) is 0 Å². The minimum Gasteiger partial charge on any atom is -0.282 e. The molecule has 0 amide bonds. The van der Waals surface area contributed by atoms with Gasteiger partial charge in [-0.15, -0.1) is 0 Å². The van der Waals surface area contributed by atoms with Crippen LogP contribution in [-0.2, 0) is 0 Å². The molecule has 0 aromatic heterocycles. The largest absolute Gasteiger partial charge is 0.282 e. The van der Waals surface area contributed by atoms with Gasteiger partial charge in [-0.3, -0.25) is 9.18 Å². The summed E-state index contributed by atoms with van der Waals surface area (Å²) in [5.41, 5.74) is 0.426. The molecule has 0 aliphatic rings. The Labute approximate surface area is 119 Å². The van der Waals surface area contributed by atoms with Gasteiger partial charge in [0.1, 0.15) is 0 Å². The van der Waals surface area contributed by atoms with Crippen LogP contribution in [0, 0.1) is 0 Å². The van der Waals surface area contributed by atoms with Crippen molar-refractivity contribution in [2.75, 3.05) is 12.4 Å². The Balaban J connectivity index is 2.37. The van der Waals surface area contributed by atoms with E-state index in [1.807, 2.05) is 0 Å². The zero-order chi connectivity index (χ0) is 15.0. The molecule has 0 bridgehead atoms. The Bertz CT molecular complexity index is 411. The predicted octanol–water partition coefficient (Wildman–Crippen LogP) is 4.67. The lowest BCUT2D eigenvalue weighted by Crippen LogP contribution is -2.31. The van der Waals surface area contributed by atoms with Gasteiger partial charge in [-0.25, -0.2) is 13.2 Å². The predicted molar refractivity (Wildman–Crippen MR) is 72.9 cm³/mol. The molecule has 0 saturated heterocycles. The molecule has 0 fully saturated rings. The smallest absolute Gasteiger partial charge is 0.279 e. The van der Waals surface area contributed by atoms with Crippen LogP contribution in [0.1, 0.15) is 29.6 Å². The number of benzene rings is 1. The second kappa shape index (κ2) is 8.29. The van der Waals surface area contributed by atoms with Crippen LogP contribution in [0.4, 0.5) is 17.6 Å². The molecule has 1 aromatic carbocycles. The van der Waals surface area contributed by atoms with Crippen molar-refractivity contribution in [2.24, 2.45) is 0 Å². The number of hydrogen-bond donors (Lipinski definition) is 0. The summed E-state index contributed by atoms with van der Waals surface area (Å²) in [6.07, 6.45) is -3.80. The molecule has 1 rings (SSSR count). The van der Waals surface area contributed by atoms with Crippen molar-refractivity contribution in [3.8, 4) is 0 Å². The number of alkyl halides is 4. The summed E-state index contributed by atoms with van der Waals surface area (Å²) >= 11 is 0.738. The Morgan fingerprint density at radius 1 is 1.25 bits per heavy atom. The maximum atomic E-state index is 13.4. The number of rotatable bonds is 8. The van der Waals surface area contributed by atoms with Crippen molar-refractivity contribution < 1.29 is 22.4 Å². The van der Waals surface area contributed by atoms with Crippen LogP contribution >= 0.6 is 11.8 Å². The van der Waals surface area contributed by atoms with Crippen LogP contribution in [-0.4, -0.2) is 29.6 Å². The number of thioether (sulfide) groups is 1. The zero-order valence-electron chi connectivity index (χ0n) is 10.8. The van der Waals surface area contributed by atoms with E-state index >= 15 is 0 Å². The molecule has 1 aromatic rings. The van der Waals surface area contributed by atoms with Crippen molar-refractivity contribution >= 4 is 16.9 Å². The molecule has 0 N–H and O–H groups in total. The SMILES string of the molecule is O=C(SCCC(F)(F)C(F)CCCF)c1ccccc1.